The molecule has 2 rings (SSSR count). The van der Waals surface area contributed by atoms with Crippen LogP contribution in [0.4, 0.5) is 5.69 Å². The highest BCUT2D eigenvalue weighted by atomic mass is 16.1. The topological polar surface area (TPSA) is 55.1 Å². The van der Waals surface area contributed by atoms with E-state index in [1.54, 1.807) is 0 Å². The van der Waals surface area contributed by atoms with Gasteiger partial charge >= 0.3 is 0 Å². The van der Waals surface area contributed by atoms with Crippen molar-refractivity contribution in [2.75, 3.05) is 5.32 Å². The maximum atomic E-state index is 10.8. The highest BCUT2D eigenvalue weighted by molar-refractivity contribution is 5.76. The van der Waals surface area contributed by atoms with Crippen molar-refractivity contribution in [3.63, 3.8) is 0 Å². The molecule has 3 N–H and O–H groups in total. The Kier molecular flexibility index (Phi) is 4.99. The predicted octanol–water partition coefficient (Wildman–Crippen LogP) is 3.45. The molecule has 1 amide bonds. The molecule has 0 atom stereocenters. The molecular weight excluding hydrogens is 260 g/mol. The van der Waals surface area contributed by atoms with Crippen LogP contribution in [-0.2, 0) is 17.8 Å². The average molecular weight is 282 g/mol. The van der Waals surface area contributed by atoms with Gasteiger partial charge in [-0.2, -0.15) is 0 Å². The molecule has 0 saturated carbocycles. The summed E-state index contributed by atoms with van der Waals surface area (Å²) in [6, 6.07) is 16.5. The molecule has 0 aliphatic rings. The molecule has 2 aromatic carbocycles. The molecule has 0 aromatic heterocycles. The molecule has 0 spiro atoms. The molecule has 2 aromatic rings. The Bertz CT molecular complexity index is 586. The van der Waals surface area contributed by atoms with Crippen molar-refractivity contribution in [2.45, 2.75) is 32.7 Å². The molecule has 0 saturated heterocycles. The quantitative estimate of drug-likeness (QED) is 0.852. The van der Waals surface area contributed by atoms with Gasteiger partial charge in [-0.15, -0.1) is 0 Å². The van der Waals surface area contributed by atoms with Gasteiger partial charge in [-0.05, 0) is 34.7 Å². The number of hydrogen-bond acceptors (Lipinski definition) is 2. The van der Waals surface area contributed by atoms with E-state index >= 15 is 0 Å². The molecule has 0 bridgehead atoms. The molecule has 0 radical (unpaired) electrons. The van der Waals surface area contributed by atoms with Crippen molar-refractivity contribution >= 4 is 11.6 Å². The minimum atomic E-state index is -0.305. The Morgan fingerprint density at radius 2 is 1.57 bits per heavy atom. The van der Waals surface area contributed by atoms with Crippen LogP contribution in [0.25, 0.3) is 0 Å². The highest BCUT2D eigenvalue weighted by Crippen LogP contribution is 2.16. The van der Waals surface area contributed by atoms with E-state index in [4.69, 9.17) is 5.73 Å². The van der Waals surface area contributed by atoms with Gasteiger partial charge in [-0.3, -0.25) is 4.79 Å². The molecule has 3 heteroatoms. The Morgan fingerprint density at radius 3 is 2.10 bits per heavy atom. The summed E-state index contributed by atoms with van der Waals surface area (Å²) >= 11 is 0. The van der Waals surface area contributed by atoms with Crippen LogP contribution in [0.1, 0.15) is 36.5 Å². The summed E-state index contributed by atoms with van der Waals surface area (Å²) in [5.74, 6) is 0.255. The van der Waals surface area contributed by atoms with Crippen molar-refractivity contribution < 1.29 is 4.79 Å². The first-order valence-electron chi connectivity index (χ1n) is 7.24. The number of rotatable bonds is 6. The van der Waals surface area contributed by atoms with Gasteiger partial charge in [0.05, 0.1) is 6.42 Å². The van der Waals surface area contributed by atoms with Gasteiger partial charge in [0.2, 0.25) is 5.91 Å². The number of nitrogens with one attached hydrogen (secondary N) is 1. The van der Waals surface area contributed by atoms with Crippen molar-refractivity contribution in [1.29, 1.82) is 0 Å². The second-order valence-electron chi connectivity index (χ2n) is 5.59. The third-order valence-electron chi connectivity index (χ3n) is 3.48. The summed E-state index contributed by atoms with van der Waals surface area (Å²) in [6.45, 7) is 5.18. The van der Waals surface area contributed by atoms with E-state index in [1.807, 2.05) is 24.3 Å². The number of carbonyl (C=O) groups excluding carboxylic acids is 1. The molecular formula is C18H22N2O. The van der Waals surface area contributed by atoms with Crippen molar-refractivity contribution in [1.82, 2.24) is 0 Å². The maximum absolute atomic E-state index is 10.8. The molecule has 0 aliphatic carbocycles. The lowest BCUT2D eigenvalue weighted by Gasteiger charge is -2.09. The second-order valence-corrected chi connectivity index (χ2v) is 5.59. The van der Waals surface area contributed by atoms with Crippen LogP contribution < -0.4 is 11.1 Å². The maximum Gasteiger partial charge on any atom is 0.221 e. The fourth-order valence-electron chi connectivity index (χ4n) is 2.17. The van der Waals surface area contributed by atoms with Gasteiger partial charge in [-0.25, -0.2) is 0 Å². The third kappa shape index (κ3) is 4.63. The smallest absolute Gasteiger partial charge is 0.221 e. The Hall–Kier alpha value is -2.29. The van der Waals surface area contributed by atoms with Crippen molar-refractivity contribution in [2.24, 2.45) is 5.73 Å². The average Bonchev–Trinajstić information content (AvgIpc) is 2.46. The van der Waals surface area contributed by atoms with E-state index in [2.05, 4.69) is 43.4 Å². The number of nitrogens with two attached hydrogens (primary N) is 1. The fraction of sp³-hybridized carbons (Fsp3) is 0.278. The lowest BCUT2D eigenvalue weighted by Crippen LogP contribution is -2.13. The Balaban J connectivity index is 1.91. The van der Waals surface area contributed by atoms with E-state index in [1.165, 1.54) is 11.1 Å². The first kappa shape index (κ1) is 15.1. The van der Waals surface area contributed by atoms with Gasteiger partial charge in [0, 0.05) is 12.2 Å². The van der Waals surface area contributed by atoms with Gasteiger partial charge in [0.15, 0.2) is 0 Å². The molecule has 0 fully saturated rings. The van der Waals surface area contributed by atoms with E-state index in [-0.39, 0.29) is 12.3 Å². The van der Waals surface area contributed by atoms with Gasteiger partial charge < -0.3 is 11.1 Å². The summed E-state index contributed by atoms with van der Waals surface area (Å²) in [4.78, 5) is 10.8. The van der Waals surface area contributed by atoms with Crippen LogP contribution in [0.2, 0.25) is 0 Å². The Labute approximate surface area is 126 Å². The largest absolute Gasteiger partial charge is 0.381 e. The number of carbonyl (C=O) groups is 1. The fourth-order valence-corrected chi connectivity index (χ4v) is 2.17. The van der Waals surface area contributed by atoms with E-state index in [0.29, 0.717) is 5.92 Å². The van der Waals surface area contributed by atoms with E-state index < -0.39 is 0 Å². The number of anilines is 1. The lowest BCUT2D eigenvalue weighted by atomic mass is 10.0. The lowest BCUT2D eigenvalue weighted by molar-refractivity contribution is -0.117. The van der Waals surface area contributed by atoms with Crippen LogP contribution in [0, 0.1) is 0 Å². The van der Waals surface area contributed by atoms with Crippen LogP contribution >= 0.6 is 0 Å². The first-order valence-corrected chi connectivity index (χ1v) is 7.24. The normalized spacial score (nSPS) is 10.6. The highest BCUT2D eigenvalue weighted by Gasteiger charge is 2.00. The summed E-state index contributed by atoms with van der Waals surface area (Å²) in [5, 5.41) is 3.37. The molecule has 0 aliphatic heterocycles. The predicted molar refractivity (Wildman–Crippen MR) is 87.2 cm³/mol. The Morgan fingerprint density at radius 1 is 1.00 bits per heavy atom. The summed E-state index contributed by atoms with van der Waals surface area (Å²) in [7, 11) is 0. The van der Waals surface area contributed by atoms with Crippen LogP contribution in [-0.4, -0.2) is 5.91 Å². The first-order chi connectivity index (χ1) is 10.0. The van der Waals surface area contributed by atoms with Gasteiger partial charge in [0.1, 0.15) is 0 Å². The monoisotopic (exact) mass is 282 g/mol. The summed E-state index contributed by atoms with van der Waals surface area (Å²) in [5.41, 5.74) is 9.76. The molecule has 0 heterocycles. The van der Waals surface area contributed by atoms with Gasteiger partial charge in [-0.1, -0.05) is 50.2 Å². The van der Waals surface area contributed by atoms with Crippen molar-refractivity contribution in [3.8, 4) is 0 Å². The zero-order chi connectivity index (χ0) is 15.2. The standard InChI is InChI=1S/C18H22N2O/c1-13(2)16-7-3-15(4-8-16)12-20-17-9-5-14(6-10-17)11-18(19)21/h3-10,13,20H,11-12H2,1-2H3,(H2,19,21). The third-order valence-corrected chi connectivity index (χ3v) is 3.48. The second kappa shape index (κ2) is 6.93. The van der Waals surface area contributed by atoms with E-state index in [9.17, 15) is 4.79 Å². The minimum absolute atomic E-state index is 0.289. The molecule has 21 heavy (non-hydrogen) atoms. The summed E-state index contributed by atoms with van der Waals surface area (Å²) < 4.78 is 0. The molecule has 0 unspecified atom stereocenters. The minimum Gasteiger partial charge on any atom is -0.381 e. The molecule has 110 valence electrons. The zero-order valence-electron chi connectivity index (χ0n) is 12.6. The molecule has 3 nitrogen and oxygen atoms in total. The summed E-state index contributed by atoms with van der Waals surface area (Å²) in [6.07, 6.45) is 0.289. The van der Waals surface area contributed by atoms with Crippen LogP contribution in [0.3, 0.4) is 0 Å². The van der Waals surface area contributed by atoms with Gasteiger partial charge in [0.25, 0.3) is 0 Å². The van der Waals surface area contributed by atoms with Crippen molar-refractivity contribution in [3.05, 3.63) is 65.2 Å². The zero-order valence-corrected chi connectivity index (χ0v) is 12.6. The SMILES string of the molecule is CC(C)c1ccc(CNc2ccc(CC(N)=O)cc2)cc1. The number of amides is 1. The van der Waals surface area contributed by atoms with Crippen LogP contribution in [0.15, 0.2) is 48.5 Å². The number of hydrogen-bond donors (Lipinski definition) is 2. The number of benzene rings is 2. The van der Waals surface area contributed by atoms with Crippen LogP contribution in [0.5, 0.6) is 0 Å². The number of primary amides is 1. The van der Waals surface area contributed by atoms with E-state index in [0.717, 1.165) is 17.8 Å².